The molecule has 5 nitrogen and oxygen atoms in total. The van der Waals surface area contributed by atoms with Crippen LogP contribution in [-0.4, -0.2) is 15.7 Å². The second-order valence-corrected chi connectivity index (χ2v) is 3.23. The molecule has 1 aromatic heterocycles. The highest BCUT2D eigenvalue weighted by Crippen LogP contribution is 2.25. The number of Topliss-reactive ketones (excluding diaryl/α,β-unsaturated/α-hetero) is 1. The second kappa shape index (κ2) is 3.17. The van der Waals surface area contributed by atoms with Gasteiger partial charge in [0.2, 0.25) is 0 Å². The molecule has 0 fully saturated rings. The molecule has 0 saturated carbocycles. The highest BCUT2D eigenvalue weighted by atomic mass is 16.6. The molecule has 0 saturated heterocycles. The van der Waals surface area contributed by atoms with Crippen LogP contribution in [0.25, 0.3) is 0 Å². The van der Waals surface area contributed by atoms with Gasteiger partial charge < -0.3 is 0 Å². The van der Waals surface area contributed by atoms with Crippen molar-refractivity contribution >= 4 is 11.5 Å². The van der Waals surface area contributed by atoms with Crippen LogP contribution in [0.15, 0.2) is 12.3 Å². The first kappa shape index (κ1) is 8.80. The summed E-state index contributed by atoms with van der Waals surface area (Å²) in [5, 5.41) is 10.6. The summed E-state index contributed by atoms with van der Waals surface area (Å²) >= 11 is 0. The second-order valence-electron chi connectivity index (χ2n) is 3.23. The number of hydrogen-bond donors (Lipinski definition) is 0. The van der Waals surface area contributed by atoms with E-state index >= 15 is 0 Å². The zero-order valence-electron chi connectivity index (χ0n) is 7.40. The topological polar surface area (TPSA) is 73.1 Å². The molecule has 1 heterocycles. The van der Waals surface area contributed by atoms with Crippen LogP contribution in [0, 0.1) is 10.1 Å². The van der Waals surface area contributed by atoms with Crippen molar-refractivity contribution in [3.63, 3.8) is 0 Å². The molecular formula is C9H8N2O3. The Morgan fingerprint density at radius 1 is 1.43 bits per heavy atom. The molecule has 1 aromatic rings. The minimum absolute atomic E-state index is 0.0167. The fraction of sp³-hybridized carbons (Fsp3) is 0.333. The lowest BCUT2D eigenvalue weighted by molar-refractivity contribution is -0.385. The number of hydrogen-bond acceptors (Lipinski definition) is 4. The van der Waals surface area contributed by atoms with E-state index in [9.17, 15) is 14.9 Å². The smallest absolute Gasteiger partial charge is 0.276 e. The van der Waals surface area contributed by atoms with Gasteiger partial charge in [0.1, 0.15) is 5.78 Å². The van der Waals surface area contributed by atoms with Gasteiger partial charge in [-0.1, -0.05) is 0 Å². The molecule has 1 aliphatic rings. The number of nitro groups is 1. The molecule has 0 amide bonds. The van der Waals surface area contributed by atoms with Crippen molar-refractivity contribution in [1.29, 1.82) is 0 Å². The Bertz CT molecular complexity index is 415. The van der Waals surface area contributed by atoms with Gasteiger partial charge in [0.05, 0.1) is 16.2 Å². The highest BCUT2D eigenvalue weighted by molar-refractivity contribution is 5.84. The molecule has 0 spiro atoms. The lowest BCUT2D eigenvalue weighted by atomic mass is 9.94. The summed E-state index contributed by atoms with van der Waals surface area (Å²) in [4.78, 5) is 25.4. The van der Waals surface area contributed by atoms with E-state index in [0.29, 0.717) is 24.1 Å². The molecule has 5 heteroatoms. The average Bonchev–Trinajstić information content (AvgIpc) is 2.16. The minimum atomic E-state index is -0.459. The van der Waals surface area contributed by atoms with Crippen LogP contribution < -0.4 is 0 Å². The third kappa shape index (κ3) is 1.37. The lowest BCUT2D eigenvalue weighted by Crippen LogP contribution is -2.16. The van der Waals surface area contributed by atoms with Gasteiger partial charge in [-0.15, -0.1) is 0 Å². The van der Waals surface area contributed by atoms with Gasteiger partial charge in [0.25, 0.3) is 5.69 Å². The van der Waals surface area contributed by atoms with Crippen molar-refractivity contribution in [3.8, 4) is 0 Å². The lowest BCUT2D eigenvalue weighted by Gasteiger charge is -2.12. The van der Waals surface area contributed by atoms with E-state index in [1.54, 1.807) is 0 Å². The minimum Gasteiger partial charge on any atom is -0.299 e. The monoisotopic (exact) mass is 192 g/mol. The number of rotatable bonds is 1. The third-order valence-corrected chi connectivity index (χ3v) is 2.33. The number of carbonyl (C=O) groups is 1. The van der Waals surface area contributed by atoms with Gasteiger partial charge in [-0.2, -0.15) is 0 Å². The van der Waals surface area contributed by atoms with Gasteiger partial charge in [-0.25, -0.2) is 0 Å². The predicted octanol–water partition coefficient (Wildman–Crippen LogP) is 1.05. The first-order valence-electron chi connectivity index (χ1n) is 4.31. The molecule has 0 aromatic carbocycles. The Morgan fingerprint density at radius 2 is 2.21 bits per heavy atom. The predicted molar refractivity (Wildman–Crippen MR) is 47.9 cm³/mol. The Morgan fingerprint density at radius 3 is 2.93 bits per heavy atom. The van der Waals surface area contributed by atoms with E-state index in [4.69, 9.17) is 0 Å². The Kier molecular flexibility index (Phi) is 1.99. The normalized spacial score (nSPS) is 15.0. The van der Waals surface area contributed by atoms with Crippen LogP contribution >= 0.6 is 0 Å². The summed E-state index contributed by atoms with van der Waals surface area (Å²) in [7, 11) is 0. The number of ketones is 1. The molecule has 0 aliphatic heterocycles. The molecular weight excluding hydrogens is 184 g/mol. The molecule has 0 atom stereocenters. The number of carbonyl (C=O) groups excluding carboxylic acids is 1. The van der Waals surface area contributed by atoms with Crippen LogP contribution in [0.2, 0.25) is 0 Å². The quantitative estimate of drug-likeness (QED) is 0.492. The summed E-state index contributed by atoms with van der Waals surface area (Å²) in [6.45, 7) is 0. The van der Waals surface area contributed by atoms with Crippen LogP contribution in [0.1, 0.15) is 17.7 Å². The largest absolute Gasteiger partial charge is 0.299 e. The van der Waals surface area contributed by atoms with Crippen molar-refractivity contribution < 1.29 is 9.72 Å². The number of aromatic nitrogens is 1. The van der Waals surface area contributed by atoms with Gasteiger partial charge in [0, 0.05) is 25.1 Å². The van der Waals surface area contributed by atoms with Gasteiger partial charge in [-0.3, -0.25) is 19.9 Å². The van der Waals surface area contributed by atoms with Crippen LogP contribution in [0.3, 0.4) is 0 Å². The van der Waals surface area contributed by atoms with Crippen molar-refractivity contribution in [3.05, 3.63) is 33.6 Å². The maximum Gasteiger partial charge on any atom is 0.276 e. The van der Waals surface area contributed by atoms with E-state index in [-0.39, 0.29) is 17.9 Å². The molecule has 0 unspecified atom stereocenters. The van der Waals surface area contributed by atoms with Gasteiger partial charge in [0.15, 0.2) is 0 Å². The van der Waals surface area contributed by atoms with Crippen molar-refractivity contribution in [2.75, 3.05) is 0 Å². The van der Waals surface area contributed by atoms with E-state index in [1.807, 2.05) is 0 Å². The number of aryl methyl sites for hydroxylation is 1. The average molecular weight is 192 g/mol. The maximum absolute atomic E-state index is 11.2. The summed E-state index contributed by atoms with van der Waals surface area (Å²) in [6, 6.07) is 1.34. The number of nitrogens with zero attached hydrogens (tertiary/aromatic N) is 2. The summed E-state index contributed by atoms with van der Waals surface area (Å²) in [5.41, 5.74) is 1.20. The molecule has 0 radical (unpaired) electrons. The zero-order chi connectivity index (χ0) is 10.1. The van der Waals surface area contributed by atoms with Crippen molar-refractivity contribution in [1.82, 2.24) is 4.98 Å². The molecule has 2 rings (SSSR count). The summed E-state index contributed by atoms with van der Waals surface area (Å²) in [5.74, 6) is 0.0496. The van der Waals surface area contributed by atoms with Crippen LogP contribution in [-0.2, 0) is 17.6 Å². The van der Waals surface area contributed by atoms with E-state index in [2.05, 4.69) is 4.98 Å². The van der Waals surface area contributed by atoms with Crippen LogP contribution in [0.5, 0.6) is 0 Å². The highest BCUT2D eigenvalue weighted by Gasteiger charge is 2.24. The van der Waals surface area contributed by atoms with E-state index in [1.165, 1.54) is 12.3 Å². The molecule has 0 bridgehead atoms. The Labute approximate surface area is 79.9 Å². The Balaban J connectivity index is 2.54. The third-order valence-electron chi connectivity index (χ3n) is 2.33. The number of fused-ring (bicyclic) bond motifs is 1. The maximum atomic E-state index is 11.2. The van der Waals surface area contributed by atoms with Crippen LogP contribution in [0.4, 0.5) is 5.69 Å². The van der Waals surface area contributed by atoms with Gasteiger partial charge in [-0.05, 0) is 6.42 Å². The first-order chi connectivity index (χ1) is 6.68. The Hall–Kier alpha value is -1.78. The first-order valence-corrected chi connectivity index (χ1v) is 4.31. The SMILES string of the molecule is O=C1CCc2nccc([N+](=O)[O-])c2C1. The molecule has 0 N–H and O–H groups in total. The standard InChI is InChI=1S/C9H8N2O3/c12-6-1-2-8-7(5-6)9(11(13)14)3-4-10-8/h3-4H,1-2,5H2. The molecule has 72 valence electrons. The fourth-order valence-electron chi connectivity index (χ4n) is 1.65. The summed E-state index contributed by atoms with van der Waals surface area (Å²) < 4.78 is 0. The van der Waals surface area contributed by atoms with E-state index < -0.39 is 4.92 Å². The zero-order valence-corrected chi connectivity index (χ0v) is 7.40. The van der Waals surface area contributed by atoms with E-state index in [0.717, 1.165) is 0 Å². The fourth-order valence-corrected chi connectivity index (χ4v) is 1.65. The van der Waals surface area contributed by atoms with Gasteiger partial charge >= 0.3 is 0 Å². The molecule has 14 heavy (non-hydrogen) atoms. The van der Waals surface area contributed by atoms with Crippen molar-refractivity contribution in [2.45, 2.75) is 19.3 Å². The van der Waals surface area contributed by atoms with Crippen molar-refractivity contribution in [2.24, 2.45) is 0 Å². The molecule has 1 aliphatic carbocycles. The number of pyridine rings is 1. The summed E-state index contributed by atoms with van der Waals surface area (Å²) in [6.07, 6.45) is 2.54.